The minimum Gasteiger partial charge on any atom is -0.497 e. The van der Waals surface area contributed by atoms with E-state index in [1.54, 1.807) is 37.6 Å². The van der Waals surface area contributed by atoms with E-state index in [-0.39, 0.29) is 12.0 Å². The van der Waals surface area contributed by atoms with Gasteiger partial charge < -0.3 is 18.9 Å². The van der Waals surface area contributed by atoms with Crippen molar-refractivity contribution in [2.24, 2.45) is 5.10 Å². The molecule has 1 aliphatic rings. The van der Waals surface area contributed by atoms with Crippen molar-refractivity contribution in [2.45, 2.75) is 6.10 Å². The Labute approximate surface area is 157 Å². The number of hydrogen-bond acceptors (Lipinski definition) is 6. The fraction of sp³-hybridized carbons (Fsp3) is 0.300. The smallest absolute Gasteiger partial charge is 0.271 e. The molecule has 1 N–H and O–H groups in total. The van der Waals surface area contributed by atoms with E-state index in [1.807, 2.05) is 24.3 Å². The number of carbonyl (C=O) groups excluding carboxylic acids is 1. The average Bonchev–Trinajstić information content (AvgIpc) is 2.74. The van der Waals surface area contributed by atoms with Gasteiger partial charge in [0, 0.05) is 5.56 Å². The third kappa shape index (κ3) is 5.80. The summed E-state index contributed by atoms with van der Waals surface area (Å²) in [6.45, 7) is 2.25. The van der Waals surface area contributed by atoms with Crippen molar-refractivity contribution in [3.63, 3.8) is 0 Å². The second-order valence-corrected chi connectivity index (χ2v) is 5.88. The van der Waals surface area contributed by atoms with Crippen LogP contribution in [0.3, 0.4) is 0 Å². The van der Waals surface area contributed by atoms with Crippen LogP contribution in [0.1, 0.15) is 15.9 Å². The molecule has 2 aromatic rings. The normalized spacial score (nSPS) is 16.9. The zero-order valence-corrected chi connectivity index (χ0v) is 15.1. The summed E-state index contributed by atoms with van der Waals surface area (Å²) < 4.78 is 21.6. The van der Waals surface area contributed by atoms with Crippen LogP contribution >= 0.6 is 0 Å². The van der Waals surface area contributed by atoms with Crippen molar-refractivity contribution in [3.05, 3.63) is 59.7 Å². The lowest BCUT2D eigenvalue weighted by Crippen LogP contribution is -2.33. The number of hydrazone groups is 1. The maximum Gasteiger partial charge on any atom is 0.271 e. The topological polar surface area (TPSA) is 78.4 Å². The number of hydrogen-bond donors (Lipinski definition) is 1. The van der Waals surface area contributed by atoms with Gasteiger partial charge in [0.25, 0.3) is 5.91 Å². The first-order valence-electron chi connectivity index (χ1n) is 8.64. The molecule has 7 heteroatoms. The SMILES string of the molecule is COc1ccc(C(=O)N/N=C\c2ccc(OC[C@@H]3COCCO3)cc2)cc1. The highest BCUT2D eigenvalue weighted by atomic mass is 16.6. The quantitative estimate of drug-likeness (QED) is 0.597. The van der Waals surface area contributed by atoms with Crippen LogP contribution in [0, 0.1) is 0 Å². The third-order valence-electron chi connectivity index (χ3n) is 3.93. The second-order valence-electron chi connectivity index (χ2n) is 5.88. The Morgan fingerprint density at radius 2 is 1.89 bits per heavy atom. The minimum atomic E-state index is -0.288. The van der Waals surface area contributed by atoms with Crippen LogP contribution in [0.2, 0.25) is 0 Å². The Kier molecular flexibility index (Phi) is 6.78. The molecule has 1 heterocycles. The maximum atomic E-state index is 12.0. The number of methoxy groups -OCH3 is 1. The molecule has 1 amide bonds. The molecule has 1 atom stereocenters. The number of carbonyl (C=O) groups is 1. The van der Waals surface area contributed by atoms with Gasteiger partial charge in [0.15, 0.2) is 0 Å². The molecule has 0 aliphatic carbocycles. The molecular formula is C20H22N2O5. The first-order chi connectivity index (χ1) is 13.2. The number of nitrogens with zero attached hydrogens (tertiary/aromatic N) is 1. The molecule has 7 nitrogen and oxygen atoms in total. The summed E-state index contributed by atoms with van der Waals surface area (Å²) in [7, 11) is 1.58. The lowest BCUT2D eigenvalue weighted by atomic mass is 10.2. The van der Waals surface area contributed by atoms with Gasteiger partial charge in [-0.1, -0.05) is 0 Å². The first kappa shape index (κ1) is 18.9. The highest BCUT2D eigenvalue weighted by Gasteiger charge is 2.14. The molecular weight excluding hydrogens is 348 g/mol. The number of amides is 1. The molecule has 2 aromatic carbocycles. The Bertz CT molecular complexity index is 753. The van der Waals surface area contributed by atoms with Gasteiger partial charge in [0.05, 0.1) is 33.1 Å². The fourth-order valence-corrected chi connectivity index (χ4v) is 2.44. The largest absolute Gasteiger partial charge is 0.497 e. The zero-order valence-electron chi connectivity index (χ0n) is 15.1. The highest BCUT2D eigenvalue weighted by Crippen LogP contribution is 2.13. The van der Waals surface area contributed by atoms with Gasteiger partial charge in [-0.05, 0) is 54.1 Å². The van der Waals surface area contributed by atoms with Crippen molar-refractivity contribution in [3.8, 4) is 11.5 Å². The van der Waals surface area contributed by atoms with Crippen LogP contribution in [0.25, 0.3) is 0 Å². The molecule has 0 bridgehead atoms. The summed E-state index contributed by atoms with van der Waals surface area (Å²) in [6.07, 6.45) is 1.54. The summed E-state index contributed by atoms with van der Waals surface area (Å²) in [6, 6.07) is 14.2. The Hall–Kier alpha value is -2.90. The van der Waals surface area contributed by atoms with Gasteiger partial charge in [0.1, 0.15) is 24.2 Å². The van der Waals surface area contributed by atoms with E-state index in [0.29, 0.717) is 37.7 Å². The maximum absolute atomic E-state index is 12.0. The van der Waals surface area contributed by atoms with E-state index in [1.165, 1.54) is 0 Å². The van der Waals surface area contributed by atoms with E-state index >= 15 is 0 Å². The van der Waals surface area contributed by atoms with Crippen LogP contribution in [0.5, 0.6) is 11.5 Å². The zero-order chi connectivity index (χ0) is 18.9. The van der Waals surface area contributed by atoms with Gasteiger partial charge in [-0.3, -0.25) is 4.79 Å². The summed E-state index contributed by atoms with van der Waals surface area (Å²) in [5.41, 5.74) is 3.84. The molecule has 0 spiro atoms. The molecule has 0 saturated carbocycles. The number of rotatable bonds is 7. The third-order valence-corrected chi connectivity index (χ3v) is 3.93. The van der Waals surface area contributed by atoms with Gasteiger partial charge in [-0.25, -0.2) is 5.43 Å². The summed E-state index contributed by atoms with van der Waals surface area (Å²) in [5.74, 6) is 1.15. The van der Waals surface area contributed by atoms with Gasteiger partial charge in [-0.2, -0.15) is 5.10 Å². The van der Waals surface area contributed by atoms with Crippen molar-refractivity contribution in [2.75, 3.05) is 33.5 Å². The van der Waals surface area contributed by atoms with Crippen molar-refractivity contribution >= 4 is 12.1 Å². The lowest BCUT2D eigenvalue weighted by molar-refractivity contribution is -0.101. The van der Waals surface area contributed by atoms with E-state index < -0.39 is 0 Å². The Balaban J connectivity index is 1.46. The first-order valence-corrected chi connectivity index (χ1v) is 8.64. The molecule has 0 unspecified atom stereocenters. The number of nitrogens with one attached hydrogen (secondary N) is 1. The van der Waals surface area contributed by atoms with Crippen molar-refractivity contribution in [1.82, 2.24) is 5.43 Å². The van der Waals surface area contributed by atoms with Gasteiger partial charge in [0.2, 0.25) is 0 Å². The molecule has 1 fully saturated rings. The molecule has 27 heavy (non-hydrogen) atoms. The summed E-state index contributed by atoms with van der Waals surface area (Å²) in [5, 5.41) is 3.98. The highest BCUT2D eigenvalue weighted by molar-refractivity contribution is 5.95. The predicted octanol–water partition coefficient (Wildman–Crippen LogP) is 2.25. The second kappa shape index (κ2) is 9.70. The Morgan fingerprint density at radius 3 is 2.56 bits per heavy atom. The van der Waals surface area contributed by atoms with Crippen LogP contribution in [-0.4, -0.2) is 51.8 Å². The molecule has 1 saturated heterocycles. The van der Waals surface area contributed by atoms with Crippen LogP contribution in [0.4, 0.5) is 0 Å². The van der Waals surface area contributed by atoms with Gasteiger partial charge in [-0.15, -0.1) is 0 Å². The van der Waals surface area contributed by atoms with Crippen molar-refractivity contribution < 1.29 is 23.7 Å². The molecule has 0 aromatic heterocycles. The molecule has 142 valence electrons. The summed E-state index contributed by atoms with van der Waals surface area (Å²) in [4.78, 5) is 12.0. The monoisotopic (exact) mass is 370 g/mol. The van der Waals surface area contributed by atoms with E-state index in [2.05, 4.69) is 10.5 Å². The predicted molar refractivity (Wildman–Crippen MR) is 101 cm³/mol. The van der Waals surface area contributed by atoms with Crippen LogP contribution < -0.4 is 14.9 Å². The summed E-state index contributed by atoms with van der Waals surface area (Å²) >= 11 is 0. The number of ether oxygens (including phenoxy) is 4. The van der Waals surface area contributed by atoms with Crippen LogP contribution in [0.15, 0.2) is 53.6 Å². The number of benzene rings is 2. The van der Waals surface area contributed by atoms with Crippen LogP contribution in [-0.2, 0) is 9.47 Å². The average molecular weight is 370 g/mol. The molecule has 1 aliphatic heterocycles. The van der Waals surface area contributed by atoms with Gasteiger partial charge >= 0.3 is 0 Å². The van der Waals surface area contributed by atoms with Crippen molar-refractivity contribution in [1.29, 1.82) is 0 Å². The molecule has 3 rings (SSSR count). The fourth-order valence-electron chi connectivity index (χ4n) is 2.44. The minimum absolute atomic E-state index is 0.0341. The standard InChI is InChI=1S/C20H22N2O5/c1-24-17-8-4-16(5-9-17)20(23)22-21-12-15-2-6-18(7-3-15)27-14-19-13-25-10-11-26-19/h2-9,12,19H,10-11,13-14H2,1H3,(H,22,23)/b21-12-/t19-/m0/s1. The lowest BCUT2D eigenvalue weighted by Gasteiger charge is -2.22. The van der Waals surface area contributed by atoms with E-state index in [4.69, 9.17) is 18.9 Å². The van der Waals surface area contributed by atoms with E-state index in [0.717, 1.165) is 11.3 Å². The van der Waals surface area contributed by atoms with E-state index in [9.17, 15) is 4.79 Å². The molecule has 0 radical (unpaired) electrons. The Morgan fingerprint density at radius 1 is 1.15 bits per heavy atom.